The van der Waals surface area contributed by atoms with Crippen molar-refractivity contribution in [3.8, 4) is 28.7 Å². The number of hydrogen-bond acceptors (Lipinski definition) is 9. The smallest absolute Gasteiger partial charge is 0.310 e. The van der Waals surface area contributed by atoms with E-state index < -0.39 is 5.92 Å². The van der Waals surface area contributed by atoms with Crippen LogP contribution < -0.4 is 24.3 Å². The Morgan fingerprint density at radius 3 is 2.37 bits per heavy atom. The summed E-state index contributed by atoms with van der Waals surface area (Å²) in [6, 6.07) is 16.0. The molecule has 0 unspecified atom stereocenters. The minimum atomic E-state index is -0.466. The SMILES string of the molecule is COc1cc([C@@H]2c3cc4c(cc3[C@@H](Nc3cccc(CCN5CCCCC5)c3)[C@H]3COC(=O)[C@H]23)OCO4)cc(OC)c1O. The lowest BCUT2D eigenvalue weighted by Gasteiger charge is -2.40. The van der Waals surface area contributed by atoms with Gasteiger partial charge in [-0.3, -0.25) is 4.79 Å². The van der Waals surface area contributed by atoms with E-state index in [2.05, 4.69) is 34.5 Å². The van der Waals surface area contributed by atoms with Crippen LogP contribution in [0.25, 0.3) is 0 Å². The molecule has 0 aromatic heterocycles. The number of fused-ring (bicyclic) bond motifs is 3. The molecule has 9 heteroatoms. The second-order valence-electron chi connectivity index (χ2n) is 11.9. The number of hydrogen-bond donors (Lipinski definition) is 2. The maximum atomic E-state index is 13.5. The molecule has 3 aromatic rings. The fraction of sp³-hybridized carbons (Fsp3) is 0.441. The molecule has 4 aliphatic rings. The average molecular weight is 587 g/mol. The second kappa shape index (κ2) is 11.5. The molecule has 3 heterocycles. The molecule has 9 nitrogen and oxygen atoms in total. The number of carbonyl (C=O) groups excluding carboxylic acids is 1. The minimum Gasteiger partial charge on any atom is -0.502 e. The second-order valence-corrected chi connectivity index (χ2v) is 11.9. The van der Waals surface area contributed by atoms with Gasteiger partial charge in [0.15, 0.2) is 23.0 Å². The van der Waals surface area contributed by atoms with Crippen molar-refractivity contribution in [3.63, 3.8) is 0 Å². The molecular formula is C34H38N2O7. The normalized spacial score (nSPS) is 24.2. The number of aromatic hydroxyl groups is 1. The van der Waals surface area contributed by atoms with Gasteiger partial charge < -0.3 is 39.0 Å². The predicted octanol–water partition coefficient (Wildman–Crippen LogP) is 5.25. The number of phenolic OH excluding ortho intramolecular Hbond substituents is 1. The van der Waals surface area contributed by atoms with Gasteiger partial charge in [-0.25, -0.2) is 0 Å². The number of methoxy groups -OCH3 is 2. The molecule has 2 N–H and O–H groups in total. The van der Waals surface area contributed by atoms with Crippen molar-refractivity contribution in [1.82, 2.24) is 4.90 Å². The Balaban J connectivity index is 1.27. The first-order chi connectivity index (χ1) is 21.0. The first-order valence-electron chi connectivity index (χ1n) is 15.2. The standard InChI is InChI=1S/C34H38N2O7/c1-39-28-14-21(15-29(40-2)33(28)37)30-23-16-26-27(43-19-42-26)17-24(23)32(25-18-41-34(38)31(25)30)35-22-8-6-7-20(13-22)9-12-36-10-4-3-5-11-36/h6-8,13-17,25,30-32,35,37H,3-5,9-12,18-19H2,1-2H3/t25-,30+,31-,32+/m0/s1. The zero-order chi connectivity index (χ0) is 29.5. The summed E-state index contributed by atoms with van der Waals surface area (Å²) in [7, 11) is 3.00. The van der Waals surface area contributed by atoms with E-state index in [1.807, 2.05) is 12.1 Å². The zero-order valence-electron chi connectivity index (χ0n) is 24.6. The summed E-state index contributed by atoms with van der Waals surface area (Å²) in [6.45, 7) is 3.88. The van der Waals surface area contributed by atoms with Gasteiger partial charge in [0.1, 0.15) is 0 Å². The highest BCUT2D eigenvalue weighted by atomic mass is 16.7. The van der Waals surface area contributed by atoms with Crippen LogP contribution in [0.4, 0.5) is 5.69 Å². The van der Waals surface area contributed by atoms with Crippen molar-refractivity contribution in [3.05, 3.63) is 70.8 Å². The van der Waals surface area contributed by atoms with E-state index in [1.165, 1.54) is 52.1 Å². The molecule has 3 aliphatic heterocycles. The Hall–Kier alpha value is -4.11. The fourth-order valence-corrected chi connectivity index (χ4v) is 7.31. The van der Waals surface area contributed by atoms with Crippen molar-refractivity contribution in [2.75, 3.05) is 52.6 Å². The Labute approximate surface area is 251 Å². The van der Waals surface area contributed by atoms with Gasteiger partial charge in [-0.05, 0) is 91.0 Å². The van der Waals surface area contributed by atoms with Crippen LogP contribution in [-0.2, 0) is 16.0 Å². The van der Waals surface area contributed by atoms with Gasteiger partial charge in [0, 0.05) is 24.1 Å². The van der Waals surface area contributed by atoms with E-state index in [4.69, 9.17) is 23.7 Å². The van der Waals surface area contributed by atoms with Gasteiger partial charge in [0.2, 0.25) is 12.5 Å². The third-order valence-electron chi connectivity index (χ3n) is 9.46. The first-order valence-corrected chi connectivity index (χ1v) is 15.2. The lowest BCUT2D eigenvalue weighted by atomic mass is 9.65. The number of nitrogens with one attached hydrogen (secondary N) is 1. The minimum absolute atomic E-state index is 0.0827. The van der Waals surface area contributed by atoms with E-state index in [-0.39, 0.29) is 47.9 Å². The summed E-state index contributed by atoms with van der Waals surface area (Å²) < 4.78 is 28.3. The summed E-state index contributed by atoms with van der Waals surface area (Å²) in [5, 5.41) is 14.4. The van der Waals surface area contributed by atoms with Crippen LogP contribution in [0.2, 0.25) is 0 Å². The van der Waals surface area contributed by atoms with Crippen molar-refractivity contribution >= 4 is 11.7 Å². The van der Waals surface area contributed by atoms with Crippen molar-refractivity contribution in [2.45, 2.75) is 37.6 Å². The third-order valence-corrected chi connectivity index (χ3v) is 9.46. The van der Waals surface area contributed by atoms with Crippen LogP contribution in [0.1, 0.15) is 53.5 Å². The lowest BCUT2D eigenvalue weighted by Crippen LogP contribution is -2.37. The summed E-state index contributed by atoms with van der Waals surface area (Å²) >= 11 is 0. The zero-order valence-corrected chi connectivity index (χ0v) is 24.6. The number of piperidine rings is 1. The van der Waals surface area contributed by atoms with Crippen molar-refractivity contribution in [2.24, 2.45) is 11.8 Å². The largest absolute Gasteiger partial charge is 0.502 e. The number of cyclic esters (lactones) is 1. The third kappa shape index (κ3) is 5.09. The Bertz CT molecular complexity index is 1490. The molecule has 2 fully saturated rings. The van der Waals surface area contributed by atoms with Crippen LogP contribution in [0.15, 0.2) is 48.5 Å². The maximum Gasteiger partial charge on any atom is 0.310 e. The molecule has 0 spiro atoms. The van der Waals surface area contributed by atoms with Crippen LogP contribution >= 0.6 is 0 Å². The van der Waals surface area contributed by atoms with Gasteiger partial charge in [0.25, 0.3) is 0 Å². The van der Waals surface area contributed by atoms with Gasteiger partial charge in [-0.1, -0.05) is 18.6 Å². The van der Waals surface area contributed by atoms with Crippen molar-refractivity contribution < 1.29 is 33.6 Å². The highest BCUT2D eigenvalue weighted by Gasteiger charge is 2.52. The topological polar surface area (TPSA) is 98.7 Å². The maximum absolute atomic E-state index is 13.5. The van der Waals surface area contributed by atoms with Gasteiger partial charge in [0.05, 0.1) is 32.8 Å². The molecule has 0 bridgehead atoms. The van der Waals surface area contributed by atoms with E-state index in [0.717, 1.165) is 35.3 Å². The Morgan fingerprint density at radius 1 is 0.930 bits per heavy atom. The number of likely N-dealkylation sites (tertiary alicyclic amines) is 1. The number of phenols is 1. The van der Waals surface area contributed by atoms with E-state index in [9.17, 15) is 9.90 Å². The summed E-state index contributed by atoms with van der Waals surface area (Å²) in [5.74, 6) is 0.574. The Morgan fingerprint density at radius 2 is 1.65 bits per heavy atom. The quantitative estimate of drug-likeness (QED) is 0.343. The van der Waals surface area contributed by atoms with Crippen molar-refractivity contribution in [1.29, 1.82) is 0 Å². The molecular weight excluding hydrogens is 548 g/mol. The molecule has 2 saturated heterocycles. The van der Waals surface area contributed by atoms with E-state index >= 15 is 0 Å². The monoisotopic (exact) mass is 586 g/mol. The molecule has 3 aromatic carbocycles. The molecule has 4 atom stereocenters. The number of benzene rings is 3. The lowest BCUT2D eigenvalue weighted by molar-refractivity contribution is -0.141. The van der Waals surface area contributed by atoms with Crippen LogP contribution in [-0.4, -0.2) is 63.2 Å². The van der Waals surface area contributed by atoms with Crippen LogP contribution in [0.3, 0.4) is 0 Å². The first kappa shape index (κ1) is 27.7. The Kier molecular flexibility index (Phi) is 7.43. The van der Waals surface area contributed by atoms with Gasteiger partial charge in [-0.2, -0.15) is 0 Å². The van der Waals surface area contributed by atoms with Gasteiger partial charge >= 0.3 is 5.97 Å². The van der Waals surface area contributed by atoms with Crippen LogP contribution in [0.5, 0.6) is 28.7 Å². The summed E-state index contributed by atoms with van der Waals surface area (Å²) in [5.41, 5.74) is 5.05. The number of rotatable bonds is 8. The molecule has 0 saturated carbocycles. The predicted molar refractivity (Wildman–Crippen MR) is 160 cm³/mol. The number of ether oxygens (including phenoxy) is 5. The molecule has 0 amide bonds. The van der Waals surface area contributed by atoms with Gasteiger partial charge in [-0.15, -0.1) is 0 Å². The molecule has 1 aliphatic carbocycles. The molecule has 0 radical (unpaired) electrons. The van der Waals surface area contributed by atoms with E-state index in [0.29, 0.717) is 18.1 Å². The van der Waals surface area contributed by atoms with Crippen LogP contribution in [0, 0.1) is 11.8 Å². The molecule has 7 rings (SSSR count). The fourth-order valence-electron chi connectivity index (χ4n) is 7.31. The summed E-state index contributed by atoms with van der Waals surface area (Å²) in [6.07, 6.45) is 4.91. The number of esters is 1. The average Bonchev–Trinajstić information content (AvgIpc) is 3.66. The molecule has 226 valence electrons. The highest BCUT2D eigenvalue weighted by Crippen LogP contribution is 2.56. The number of anilines is 1. The number of nitrogens with zero attached hydrogens (tertiary/aromatic N) is 1. The molecule has 43 heavy (non-hydrogen) atoms. The summed E-state index contributed by atoms with van der Waals surface area (Å²) in [4.78, 5) is 16.0. The van der Waals surface area contributed by atoms with E-state index in [1.54, 1.807) is 12.1 Å². The number of carbonyl (C=O) groups is 1. The highest BCUT2D eigenvalue weighted by molar-refractivity contribution is 5.79.